The minimum absolute atomic E-state index is 0.0862. The molecule has 0 saturated carbocycles. The Balaban J connectivity index is 2.03. The Labute approximate surface area is 116 Å². The Bertz CT molecular complexity index is 685. The fourth-order valence-corrected chi connectivity index (χ4v) is 2.36. The number of phenolic OH excluding ortho intramolecular Hbond substituents is 2. The van der Waals surface area contributed by atoms with E-state index >= 15 is 0 Å². The number of hydrogen-bond donors (Lipinski definition) is 3. The van der Waals surface area contributed by atoms with Crippen molar-refractivity contribution in [1.82, 2.24) is 4.90 Å². The highest BCUT2D eigenvalue weighted by Crippen LogP contribution is 2.34. The van der Waals surface area contributed by atoms with Crippen molar-refractivity contribution in [2.45, 2.75) is 6.17 Å². The van der Waals surface area contributed by atoms with E-state index in [1.807, 2.05) is 18.2 Å². The van der Waals surface area contributed by atoms with Crippen molar-refractivity contribution < 1.29 is 15.0 Å². The smallest absolute Gasteiger partial charge is 0.257 e. The van der Waals surface area contributed by atoms with Crippen molar-refractivity contribution in [1.29, 1.82) is 0 Å². The first-order valence-electron chi connectivity index (χ1n) is 6.22. The highest BCUT2D eigenvalue weighted by molar-refractivity contribution is 6.01. The first kappa shape index (κ1) is 12.3. The molecule has 0 aromatic heterocycles. The summed E-state index contributed by atoms with van der Waals surface area (Å²) in [7, 11) is 1.69. The minimum atomic E-state index is -0.385. The predicted octanol–water partition coefficient (Wildman–Crippen LogP) is 2.29. The van der Waals surface area contributed by atoms with Gasteiger partial charge in [-0.25, -0.2) is 0 Å². The van der Waals surface area contributed by atoms with Crippen molar-refractivity contribution in [3.8, 4) is 11.5 Å². The number of fused-ring (bicyclic) bond motifs is 1. The van der Waals surface area contributed by atoms with Crippen LogP contribution in [0.25, 0.3) is 0 Å². The Morgan fingerprint density at radius 1 is 1.10 bits per heavy atom. The number of nitrogens with one attached hydrogen (secondary N) is 1. The van der Waals surface area contributed by atoms with Crippen molar-refractivity contribution in [3.05, 3.63) is 53.6 Å². The number of aromatic hydroxyl groups is 2. The Hall–Kier alpha value is -2.69. The van der Waals surface area contributed by atoms with Gasteiger partial charge in [0.15, 0.2) is 11.5 Å². The molecule has 5 heteroatoms. The number of anilines is 1. The van der Waals surface area contributed by atoms with Crippen LogP contribution in [0.3, 0.4) is 0 Å². The summed E-state index contributed by atoms with van der Waals surface area (Å²) >= 11 is 0. The molecule has 3 N–H and O–H groups in total. The van der Waals surface area contributed by atoms with Gasteiger partial charge >= 0.3 is 0 Å². The van der Waals surface area contributed by atoms with E-state index in [2.05, 4.69) is 5.32 Å². The maximum Gasteiger partial charge on any atom is 0.257 e. The number of hydrogen-bond acceptors (Lipinski definition) is 4. The normalized spacial score (nSPS) is 17.6. The highest BCUT2D eigenvalue weighted by Gasteiger charge is 2.30. The summed E-state index contributed by atoms with van der Waals surface area (Å²) in [6, 6.07) is 11.8. The SMILES string of the molecule is CN1C(=O)c2ccccc2NC1c1ccc(O)c(O)c1. The zero-order chi connectivity index (χ0) is 14.3. The standard InChI is InChI=1S/C15H14N2O3/c1-17-14(9-6-7-12(18)13(19)8-9)16-11-5-3-2-4-10(11)15(17)20/h2-8,14,16,18-19H,1H3. The third kappa shape index (κ3) is 1.84. The van der Waals surface area contributed by atoms with Gasteiger partial charge in [-0.2, -0.15) is 0 Å². The molecule has 102 valence electrons. The molecule has 1 atom stereocenters. The van der Waals surface area contributed by atoms with E-state index in [1.165, 1.54) is 12.1 Å². The van der Waals surface area contributed by atoms with Gasteiger partial charge in [0, 0.05) is 12.7 Å². The number of phenols is 2. The molecule has 1 aliphatic rings. The molecule has 0 aliphatic carbocycles. The van der Waals surface area contributed by atoms with Crippen LogP contribution in [0, 0.1) is 0 Å². The van der Waals surface area contributed by atoms with Crippen LogP contribution in [0.2, 0.25) is 0 Å². The van der Waals surface area contributed by atoms with E-state index in [4.69, 9.17) is 0 Å². The van der Waals surface area contributed by atoms with Crippen LogP contribution in [0.1, 0.15) is 22.1 Å². The summed E-state index contributed by atoms with van der Waals surface area (Å²) in [5, 5.41) is 22.2. The third-order valence-corrected chi connectivity index (χ3v) is 3.47. The molecule has 0 bridgehead atoms. The molecule has 5 nitrogen and oxygen atoms in total. The average molecular weight is 270 g/mol. The van der Waals surface area contributed by atoms with E-state index in [1.54, 1.807) is 24.1 Å². The predicted molar refractivity (Wildman–Crippen MR) is 74.7 cm³/mol. The summed E-state index contributed by atoms with van der Waals surface area (Å²) in [5.41, 5.74) is 2.08. The van der Waals surface area contributed by atoms with Gasteiger partial charge in [0.05, 0.1) is 5.56 Å². The van der Waals surface area contributed by atoms with Crippen LogP contribution in [0.15, 0.2) is 42.5 Å². The molecule has 2 aromatic rings. The van der Waals surface area contributed by atoms with E-state index in [-0.39, 0.29) is 23.6 Å². The molecule has 3 rings (SSSR count). The van der Waals surface area contributed by atoms with Crippen LogP contribution in [-0.2, 0) is 0 Å². The van der Waals surface area contributed by atoms with Gasteiger partial charge < -0.3 is 20.4 Å². The molecule has 1 heterocycles. The Kier molecular flexibility index (Phi) is 2.75. The van der Waals surface area contributed by atoms with Crippen LogP contribution < -0.4 is 5.32 Å². The summed E-state index contributed by atoms with van der Waals surface area (Å²) in [5.74, 6) is -0.472. The molecule has 1 unspecified atom stereocenters. The van der Waals surface area contributed by atoms with Gasteiger partial charge in [-0.05, 0) is 29.8 Å². The van der Waals surface area contributed by atoms with Gasteiger partial charge in [-0.3, -0.25) is 4.79 Å². The lowest BCUT2D eigenvalue weighted by Gasteiger charge is -2.35. The van der Waals surface area contributed by atoms with Gasteiger partial charge in [0.2, 0.25) is 0 Å². The summed E-state index contributed by atoms with van der Waals surface area (Å²) in [4.78, 5) is 13.9. The number of benzene rings is 2. The average Bonchev–Trinajstić information content (AvgIpc) is 2.46. The van der Waals surface area contributed by atoms with E-state index < -0.39 is 0 Å². The second kappa shape index (κ2) is 4.45. The molecule has 1 aliphatic heterocycles. The molecule has 20 heavy (non-hydrogen) atoms. The molecule has 0 fully saturated rings. The van der Waals surface area contributed by atoms with E-state index in [0.717, 1.165) is 5.69 Å². The zero-order valence-corrected chi connectivity index (χ0v) is 10.9. The minimum Gasteiger partial charge on any atom is -0.504 e. The van der Waals surface area contributed by atoms with Crippen LogP contribution >= 0.6 is 0 Å². The maximum absolute atomic E-state index is 12.3. The van der Waals surface area contributed by atoms with Crippen LogP contribution in [-0.4, -0.2) is 28.1 Å². The van der Waals surface area contributed by atoms with Crippen molar-refractivity contribution >= 4 is 11.6 Å². The lowest BCUT2D eigenvalue weighted by molar-refractivity contribution is 0.0735. The van der Waals surface area contributed by atoms with Gasteiger partial charge in [0.1, 0.15) is 6.17 Å². The van der Waals surface area contributed by atoms with Crippen molar-refractivity contribution in [2.24, 2.45) is 0 Å². The quantitative estimate of drug-likeness (QED) is 0.695. The number of carbonyl (C=O) groups is 1. The van der Waals surface area contributed by atoms with E-state index in [0.29, 0.717) is 11.1 Å². The lowest BCUT2D eigenvalue weighted by atomic mass is 10.0. The topological polar surface area (TPSA) is 72.8 Å². The van der Waals surface area contributed by atoms with Crippen molar-refractivity contribution in [3.63, 3.8) is 0 Å². The zero-order valence-electron chi connectivity index (χ0n) is 10.9. The molecular weight excluding hydrogens is 256 g/mol. The molecule has 0 spiro atoms. The second-order valence-electron chi connectivity index (χ2n) is 4.76. The number of carbonyl (C=O) groups excluding carboxylic acids is 1. The summed E-state index contributed by atoms with van der Waals surface area (Å²) in [6.45, 7) is 0. The molecule has 1 amide bonds. The van der Waals surface area contributed by atoms with Crippen LogP contribution in [0.4, 0.5) is 5.69 Å². The van der Waals surface area contributed by atoms with Crippen molar-refractivity contribution in [2.75, 3.05) is 12.4 Å². The first-order valence-corrected chi connectivity index (χ1v) is 6.22. The fraction of sp³-hybridized carbons (Fsp3) is 0.133. The van der Waals surface area contributed by atoms with Gasteiger partial charge in [-0.15, -0.1) is 0 Å². The molecular formula is C15H14N2O3. The van der Waals surface area contributed by atoms with Gasteiger partial charge in [-0.1, -0.05) is 18.2 Å². The monoisotopic (exact) mass is 270 g/mol. The Morgan fingerprint density at radius 3 is 2.60 bits per heavy atom. The highest BCUT2D eigenvalue weighted by atomic mass is 16.3. The second-order valence-corrected chi connectivity index (χ2v) is 4.76. The number of para-hydroxylation sites is 1. The van der Waals surface area contributed by atoms with E-state index in [9.17, 15) is 15.0 Å². The molecule has 0 saturated heterocycles. The fourth-order valence-electron chi connectivity index (χ4n) is 2.36. The summed E-state index contributed by atoms with van der Waals surface area (Å²) < 4.78 is 0. The molecule has 0 radical (unpaired) electrons. The maximum atomic E-state index is 12.3. The lowest BCUT2D eigenvalue weighted by Crippen LogP contribution is -2.40. The largest absolute Gasteiger partial charge is 0.504 e. The number of amides is 1. The number of nitrogens with zero attached hydrogens (tertiary/aromatic N) is 1. The number of rotatable bonds is 1. The third-order valence-electron chi connectivity index (χ3n) is 3.47. The Morgan fingerprint density at radius 2 is 1.85 bits per heavy atom. The molecule has 2 aromatic carbocycles. The first-order chi connectivity index (χ1) is 9.58. The van der Waals surface area contributed by atoms with Gasteiger partial charge in [0.25, 0.3) is 5.91 Å². The summed E-state index contributed by atoms with van der Waals surface area (Å²) in [6.07, 6.45) is -0.385. The van der Waals surface area contributed by atoms with Crippen LogP contribution in [0.5, 0.6) is 11.5 Å².